The van der Waals surface area contributed by atoms with Gasteiger partial charge in [0.1, 0.15) is 11.5 Å². The predicted octanol–water partition coefficient (Wildman–Crippen LogP) is 3.21. The normalized spacial score (nSPS) is 15.5. The molecule has 39 heavy (non-hydrogen) atoms. The van der Waals surface area contributed by atoms with Crippen LogP contribution in [0.4, 0.5) is 10.1 Å². The maximum absolute atomic E-state index is 13.7. The number of nitrogens with two attached hydrogens (primary N) is 1. The van der Waals surface area contributed by atoms with Gasteiger partial charge in [0.15, 0.2) is 5.78 Å². The molecule has 0 spiro atoms. The molecule has 1 aromatic heterocycles. The second-order valence-corrected chi connectivity index (χ2v) is 9.50. The second-order valence-electron chi connectivity index (χ2n) is 9.50. The molecule has 2 aromatic carbocycles. The summed E-state index contributed by atoms with van der Waals surface area (Å²) < 4.78 is 15.0. The van der Waals surface area contributed by atoms with Crippen LogP contribution in [0, 0.1) is 11.7 Å². The second kappa shape index (κ2) is 12.6. The largest absolute Gasteiger partial charge is 0.330 e. The first-order chi connectivity index (χ1) is 18.8. The van der Waals surface area contributed by atoms with Crippen molar-refractivity contribution in [1.82, 2.24) is 9.88 Å². The Labute approximate surface area is 226 Å². The average molecular weight is 530 g/mol. The van der Waals surface area contributed by atoms with Crippen molar-refractivity contribution in [3.63, 3.8) is 0 Å². The summed E-state index contributed by atoms with van der Waals surface area (Å²) in [5.41, 5.74) is 8.84. The van der Waals surface area contributed by atoms with Gasteiger partial charge in [0.25, 0.3) is 5.56 Å². The Morgan fingerprint density at radius 1 is 1.15 bits per heavy atom. The number of amides is 1. The first-order valence-corrected chi connectivity index (χ1v) is 12.8. The van der Waals surface area contributed by atoms with Crippen molar-refractivity contribution in [2.45, 2.75) is 25.9 Å². The number of nitrogens with one attached hydrogen (secondary N) is 2. The Morgan fingerprint density at radius 3 is 2.64 bits per heavy atom. The van der Waals surface area contributed by atoms with E-state index in [1.807, 2.05) is 30.3 Å². The van der Waals surface area contributed by atoms with Gasteiger partial charge in [-0.25, -0.2) is 4.39 Å². The molecule has 0 radical (unpaired) electrons. The average Bonchev–Trinajstić information content (AvgIpc) is 2.95. The summed E-state index contributed by atoms with van der Waals surface area (Å²) in [7, 11) is 1.67. The fourth-order valence-electron chi connectivity index (χ4n) is 4.41. The highest BCUT2D eigenvalue weighted by Gasteiger charge is 2.21. The maximum atomic E-state index is 13.7. The fraction of sp³-hybridized carbons (Fsp3) is 0.267. The van der Waals surface area contributed by atoms with Crippen molar-refractivity contribution in [3.05, 3.63) is 99.6 Å². The summed E-state index contributed by atoms with van der Waals surface area (Å²) in [6, 6.07) is 16.1. The number of hydrogen-bond acceptors (Lipinski definition) is 6. The topological polar surface area (TPSA) is 119 Å². The van der Waals surface area contributed by atoms with Gasteiger partial charge in [-0.15, -0.1) is 0 Å². The van der Waals surface area contributed by atoms with Gasteiger partial charge in [-0.2, -0.15) is 0 Å². The molecule has 0 aliphatic carbocycles. The minimum atomic E-state index is -0.485. The molecule has 0 fully saturated rings. The number of halogens is 1. The van der Waals surface area contributed by atoms with E-state index in [4.69, 9.17) is 5.73 Å². The summed E-state index contributed by atoms with van der Waals surface area (Å²) in [4.78, 5) is 43.6. The van der Waals surface area contributed by atoms with Crippen molar-refractivity contribution in [2.24, 2.45) is 16.6 Å². The molecular formula is C30H32FN5O3. The third kappa shape index (κ3) is 6.63. The molecule has 2 atom stereocenters. The maximum Gasteiger partial charge on any atom is 0.274 e. The third-order valence-corrected chi connectivity index (χ3v) is 6.69. The van der Waals surface area contributed by atoms with Gasteiger partial charge in [-0.05, 0) is 80.5 Å². The summed E-state index contributed by atoms with van der Waals surface area (Å²) in [6.07, 6.45) is 4.01. The third-order valence-electron chi connectivity index (χ3n) is 6.69. The first-order valence-electron chi connectivity index (χ1n) is 12.8. The van der Waals surface area contributed by atoms with Crippen molar-refractivity contribution in [2.75, 3.05) is 25.5 Å². The zero-order chi connectivity index (χ0) is 27.9. The number of aliphatic imine (C=N–C) groups is 1. The fourth-order valence-corrected chi connectivity index (χ4v) is 4.41. The van der Waals surface area contributed by atoms with Gasteiger partial charge in [0.2, 0.25) is 5.91 Å². The number of anilines is 1. The molecule has 2 heterocycles. The Kier molecular flexibility index (Phi) is 8.96. The number of hydrogen-bond donors (Lipinski definition) is 3. The van der Waals surface area contributed by atoms with Crippen LogP contribution in [0.1, 0.15) is 22.8 Å². The Hall–Kier alpha value is -4.21. The van der Waals surface area contributed by atoms with Crippen molar-refractivity contribution in [3.8, 4) is 11.3 Å². The van der Waals surface area contributed by atoms with Gasteiger partial charge in [0.05, 0.1) is 11.7 Å². The van der Waals surface area contributed by atoms with Gasteiger partial charge < -0.3 is 20.9 Å². The van der Waals surface area contributed by atoms with Crippen LogP contribution in [0.25, 0.3) is 11.3 Å². The van der Waals surface area contributed by atoms with E-state index in [2.05, 4.69) is 15.6 Å². The lowest BCUT2D eigenvalue weighted by molar-refractivity contribution is -0.117. The number of allylic oxidation sites excluding steroid dienone is 1. The van der Waals surface area contributed by atoms with Gasteiger partial charge in [0, 0.05) is 36.4 Å². The van der Waals surface area contributed by atoms with Crippen molar-refractivity contribution in [1.29, 1.82) is 0 Å². The number of ketones is 1. The number of likely N-dealkylation sites (N-methyl/N-ethyl adjacent to an activating group) is 1. The molecule has 3 aromatic rings. The number of carbonyl (C=O) groups excluding carboxylic acids is 2. The summed E-state index contributed by atoms with van der Waals surface area (Å²) in [6.45, 7) is 2.82. The molecule has 2 unspecified atom stereocenters. The van der Waals surface area contributed by atoms with Crippen molar-refractivity contribution >= 4 is 23.6 Å². The quantitative estimate of drug-likeness (QED) is 0.349. The zero-order valence-corrected chi connectivity index (χ0v) is 22.0. The molecule has 1 aliphatic rings. The predicted molar refractivity (Wildman–Crippen MR) is 152 cm³/mol. The highest BCUT2D eigenvalue weighted by atomic mass is 19.1. The van der Waals surface area contributed by atoms with Crippen LogP contribution < -0.4 is 21.9 Å². The number of aromatic nitrogens is 1. The SMILES string of the molecule is CNC(C)C(=O)Nc1ccc(-c2cccc(CCN)c2)n(CC2C=C(C(=O)c3ccc(F)cc3)C=NC2)c1=O. The van der Waals surface area contributed by atoms with Crippen LogP contribution in [0.2, 0.25) is 0 Å². The summed E-state index contributed by atoms with van der Waals surface area (Å²) >= 11 is 0. The van der Waals surface area contributed by atoms with E-state index in [-0.39, 0.29) is 35.4 Å². The number of Topliss-reactive ketones (excluding diaryl/α,β-unsaturated/α-hetero) is 1. The van der Waals surface area contributed by atoms with E-state index in [0.717, 1.165) is 11.1 Å². The monoisotopic (exact) mass is 529 g/mol. The smallest absolute Gasteiger partial charge is 0.274 e. The first kappa shape index (κ1) is 27.8. The summed E-state index contributed by atoms with van der Waals surface area (Å²) in [5, 5.41) is 5.59. The molecular weight excluding hydrogens is 497 g/mol. The number of rotatable bonds is 10. The number of carbonyl (C=O) groups is 2. The van der Waals surface area contributed by atoms with Crippen LogP contribution >= 0.6 is 0 Å². The number of nitrogens with zero attached hydrogens (tertiary/aromatic N) is 2. The van der Waals surface area contributed by atoms with E-state index < -0.39 is 11.9 Å². The van der Waals surface area contributed by atoms with Crippen LogP contribution in [-0.2, 0) is 17.8 Å². The van der Waals surface area contributed by atoms with Crippen molar-refractivity contribution < 1.29 is 14.0 Å². The van der Waals surface area contributed by atoms with Gasteiger partial charge in [-0.3, -0.25) is 19.4 Å². The molecule has 4 rings (SSSR count). The molecule has 0 bridgehead atoms. The molecule has 202 valence electrons. The highest BCUT2D eigenvalue weighted by molar-refractivity contribution is 6.21. The van der Waals surface area contributed by atoms with E-state index in [1.54, 1.807) is 30.7 Å². The Balaban J connectivity index is 1.71. The van der Waals surface area contributed by atoms with E-state index in [1.165, 1.54) is 30.5 Å². The molecule has 9 heteroatoms. The van der Waals surface area contributed by atoms with E-state index in [9.17, 15) is 18.8 Å². The Morgan fingerprint density at radius 2 is 1.92 bits per heavy atom. The van der Waals surface area contributed by atoms with Crippen LogP contribution in [-0.4, -0.2) is 48.7 Å². The van der Waals surface area contributed by atoms with Crippen LogP contribution in [0.15, 0.2) is 82.1 Å². The lowest BCUT2D eigenvalue weighted by Crippen LogP contribution is -2.38. The number of benzene rings is 2. The molecule has 0 saturated heterocycles. The lowest BCUT2D eigenvalue weighted by atomic mass is 9.96. The summed E-state index contributed by atoms with van der Waals surface area (Å²) in [5.74, 6) is -1.28. The van der Waals surface area contributed by atoms with Gasteiger partial charge >= 0.3 is 0 Å². The van der Waals surface area contributed by atoms with Gasteiger partial charge in [-0.1, -0.05) is 24.3 Å². The van der Waals surface area contributed by atoms with Crippen LogP contribution in [0.5, 0.6) is 0 Å². The molecule has 8 nitrogen and oxygen atoms in total. The minimum absolute atomic E-state index is 0.162. The number of dihydropyridines is 1. The number of pyridine rings is 1. The van der Waals surface area contributed by atoms with E-state index in [0.29, 0.717) is 36.3 Å². The van der Waals surface area contributed by atoms with E-state index >= 15 is 0 Å². The molecule has 0 saturated carbocycles. The Bertz CT molecular complexity index is 1480. The molecule has 1 amide bonds. The molecule has 1 aliphatic heterocycles. The minimum Gasteiger partial charge on any atom is -0.330 e. The van der Waals surface area contributed by atoms with Crippen LogP contribution in [0.3, 0.4) is 0 Å². The zero-order valence-electron chi connectivity index (χ0n) is 22.0. The standard InChI is InChI=1S/C30H32FN5O3/c1-19(33-2)29(38)35-26-10-11-27(23-5-3-4-20(14-23)12-13-32)36(30(26)39)18-21-15-24(17-34-16-21)28(37)22-6-8-25(31)9-7-22/h3-11,14-15,17,19,21,33H,12-13,16,18,32H2,1-2H3,(H,35,38). The lowest BCUT2D eigenvalue weighted by Gasteiger charge is -2.21. The molecule has 4 N–H and O–H groups in total. The highest BCUT2D eigenvalue weighted by Crippen LogP contribution is 2.24.